The van der Waals surface area contributed by atoms with Crippen LogP contribution in [0.3, 0.4) is 0 Å². The van der Waals surface area contributed by atoms with Crippen LogP contribution in [0, 0.1) is 0 Å². The van der Waals surface area contributed by atoms with Crippen molar-refractivity contribution in [2.24, 2.45) is 0 Å². The molecule has 0 unspecified atom stereocenters. The molecule has 2 aromatic rings. The van der Waals surface area contributed by atoms with E-state index in [1.807, 2.05) is 30.3 Å². The number of carbonyl (C=O) groups excluding carboxylic acids is 1. The van der Waals surface area contributed by atoms with Crippen molar-refractivity contribution in [2.75, 3.05) is 26.3 Å². The molecule has 154 valence electrons. The fourth-order valence-corrected chi connectivity index (χ4v) is 4.05. The quantitative estimate of drug-likeness (QED) is 0.828. The van der Waals surface area contributed by atoms with Gasteiger partial charge in [0, 0.05) is 13.0 Å². The van der Waals surface area contributed by atoms with Crippen LogP contribution < -0.4 is 14.2 Å². The highest BCUT2D eigenvalue weighted by Crippen LogP contribution is 2.38. The number of carbonyl (C=O) groups is 1. The second-order valence-corrected chi connectivity index (χ2v) is 8.07. The first kappa shape index (κ1) is 19.9. The normalized spacial score (nSPS) is 23.6. The lowest BCUT2D eigenvalue weighted by atomic mass is 9.91. The zero-order chi connectivity index (χ0) is 20.4. The van der Waals surface area contributed by atoms with Crippen LogP contribution in [0.2, 0.25) is 5.02 Å². The Hall–Kier alpha value is -2.44. The highest BCUT2D eigenvalue weighted by Gasteiger charge is 2.41. The zero-order valence-electron chi connectivity index (χ0n) is 16.3. The first-order valence-electron chi connectivity index (χ1n) is 9.72. The third-order valence-corrected chi connectivity index (χ3v) is 5.53. The summed E-state index contributed by atoms with van der Waals surface area (Å²) in [6.45, 7) is 3.35. The molecule has 0 aromatic heterocycles. The summed E-state index contributed by atoms with van der Waals surface area (Å²) in [6.07, 6.45) is 0.351. The van der Waals surface area contributed by atoms with Crippen LogP contribution in [-0.2, 0) is 11.2 Å². The average Bonchev–Trinajstić information content (AvgIpc) is 2.70. The van der Waals surface area contributed by atoms with Gasteiger partial charge in [-0.15, -0.1) is 0 Å². The Morgan fingerprint density at radius 1 is 1.28 bits per heavy atom. The van der Waals surface area contributed by atoms with Gasteiger partial charge in [-0.05, 0) is 36.8 Å². The zero-order valence-corrected chi connectivity index (χ0v) is 17.0. The number of hydrogen-bond donors (Lipinski definition) is 1. The summed E-state index contributed by atoms with van der Waals surface area (Å²) >= 11 is 6.27. The lowest BCUT2D eigenvalue weighted by Gasteiger charge is -2.42. The fraction of sp³-hybridized carbons (Fsp3) is 0.409. The molecule has 0 saturated carbocycles. The number of amides is 1. The van der Waals surface area contributed by atoms with E-state index >= 15 is 0 Å². The molecule has 29 heavy (non-hydrogen) atoms. The van der Waals surface area contributed by atoms with Gasteiger partial charge < -0.3 is 24.2 Å². The molecule has 4 rings (SSSR count). The summed E-state index contributed by atoms with van der Waals surface area (Å²) < 4.78 is 17.1. The van der Waals surface area contributed by atoms with E-state index in [2.05, 4.69) is 0 Å². The van der Waals surface area contributed by atoms with Gasteiger partial charge in [0.05, 0.1) is 18.0 Å². The number of hydrogen-bond acceptors (Lipinski definition) is 5. The second-order valence-electron chi connectivity index (χ2n) is 7.66. The van der Waals surface area contributed by atoms with Gasteiger partial charge in [-0.25, -0.2) is 0 Å². The molecule has 0 bridgehead atoms. The molecule has 0 spiro atoms. The van der Waals surface area contributed by atoms with E-state index in [0.717, 1.165) is 5.56 Å². The van der Waals surface area contributed by atoms with Crippen molar-refractivity contribution in [1.29, 1.82) is 0 Å². The van der Waals surface area contributed by atoms with Gasteiger partial charge in [0.2, 0.25) is 5.91 Å². The Kier molecular flexibility index (Phi) is 5.56. The van der Waals surface area contributed by atoms with Crippen LogP contribution in [0.25, 0.3) is 0 Å². The molecule has 1 N–H and O–H groups in total. The Bertz CT molecular complexity index is 886. The van der Waals surface area contributed by atoms with Gasteiger partial charge in [-0.3, -0.25) is 4.79 Å². The Balaban J connectivity index is 1.41. The molecule has 2 heterocycles. The van der Waals surface area contributed by atoms with Crippen LogP contribution in [0.1, 0.15) is 18.9 Å². The van der Waals surface area contributed by atoms with Crippen molar-refractivity contribution in [1.82, 2.24) is 4.90 Å². The Labute approximate surface area is 174 Å². The molecule has 6 nitrogen and oxygen atoms in total. The molecule has 1 amide bonds. The van der Waals surface area contributed by atoms with E-state index in [-0.39, 0.29) is 25.0 Å². The van der Waals surface area contributed by atoms with Crippen LogP contribution in [0.15, 0.2) is 42.5 Å². The molecule has 2 aromatic carbocycles. The molecule has 0 aliphatic carbocycles. The van der Waals surface area contributed by atoms with E-state index in [1.165, 1.54) is 0 Å². The summed E-state index contributed by atoms with van der Waals surface area (Å²) in [4.78, 5) is 14.5. The predicted octanol–water partition coefficient (Wildman–Crippen LogP) is 3.08. The van der Waals surface area contributed by atoms with E-state index in [1.54, 1.807) is 24.0 Å². The molecular weight excluding hydrogens is 394 g/mol. The number of aliphatic hydroxyl groups is 1. The number of ether oxygens (including phenoxy) is 3. The number of para-hydroxylation sites is 1. The predicted molar refractivity (Wildman–Crippen MR) is 109 cm³/mol. The maximum Gasteiger partial charge on any atom is 0.227 e. The van der Waals surface area contributed by atoms with Crippen molar-refractivity contribution < 1.29 is 24.1 Å². The Morgan fingerprint density at radius 2 is 2.03 bits per heavy atom. The van der Waals surface area contributed by atoms with Crippen molar-refractivity contribution in [3.05, 3.63) is 53.1 Å². The topological polar surface area (TPSA) is 68.2 Å². The first-order chi connectivity index (χ1) is 13.9. The van der Waals surface area contributed by atoms with E-state index in [4.69, 9.17) is 25.8 Å². The molecular formula is C22H24ClNO5. The maximum atomic E-state index is 12.9. The summed E-state index contributed by atoms with van der Waals surface area (Å²) in [5.41, 5.74) is -0.389. The summed E-state index contributed by atoms with van der Waals surface area (Å²) in [6, 6.07) is 12.9. The standard InChI is InChI=1S/C22H24ClNO5/c1-22(26)14-24(8-7-19(22)29-16-5-3-2-4-6-16)20(25)13-15-11-17(23)21-18(12-15)27-9-10-28-21/h2-6,11-12,19,26H,7-10,13-14H2,1H3/t19-,22-/m0/s1. The van der Waals surface area contributed by atoms with Crippen molar-refractivity contribution >= 4 is 17.5 Å². The number of likely N-dealkylation sites (tertiary alicyclic amines) is 1. The van der Waals surface area contributed by atoms with Crippen molar-refractivity contribution in [2.45, 2.75) is 31.5 Å². The van der Waals surface area contributed by atoms with Gasteiger partial charge in [0.15, 0.2) is 11.5 Å². The summed E-state index contributed by atoms with van der Waals surface area (Å²) in [7, 11) is 0. The number of halogens is 1. The first-order valence-corrected chi connectivity index (χ1v) is 10.1. The molecule has 1 fully saturated rings. The van der Waals surface area contributed by atoms with Gasteiger partial charge in [0.25, 0.3) is 0 Å². The highest BCUT2D eigenvalue weighted by molar-refractivity contribution is 6.32. The lowest BCUT2D eigenvalue weighted by molar-refractivity contribution is -0.145. The van der Waals surface area contributed by atoms with E-state index < -0.39 is 5.60 Å². The maximum absolute atomic E-state index is 12.9. The average molecular weight is 418 g/mol. The molecule has 2 aliphatic heterocycles. The molecule has 1 saturated heterocycles. The largest absolute Gasteiger partial charge is 0.487 e. The SMILES string of the molecule is C[C@]1(O)CN(C(=O)Cc2cc(Cl)c3c(c2)OCCO3)CC[C@@H]1Oc1ccccc1. The molecule has 7 heteroatoms. The molecule has 2 atom stereocenters. The molecule has 0 radical (unpaired) electrons. The fourth-order valence-electron chi connectivity index (χ4n) is 3.77. The van der Waals surface area contributed by atoms with Gasteiger partial charge in [0.1, 0.15) is 30.7 Å². The molecule has 2 aliphatic rings. The van der Waals surface area contributed by atoms with E-state index in [9.17, 15) is 9.90 Å². The van der Waals surface area contributed by atoms with E-state index in [0.29, 0.717) is 48.5 Å². The van der Waals surface area contributed by atoms with Crippen LogP contribution in [-0.4, -0.2) is 53.9 Å². The number of β-amino-alcohol motifs (C(OH)–C–C–N with tert-alkyl or cyclic N) is 1. The number of benzene rings is 2. The van der Waals surface area contributed by atoms with Crippen molar-refractivity contribution in [3.63, 3.8) is 0 Å². The minimum Gasteiger partial charge on any atom is -0.487 e. The second kappa shape index (κ2) is 8.13. The van der Waals surface area contributed by atoms with Crippen LogP contribution >= 0.6 is 11.6 Å². The third kappa shape index (κ3) is 4.43. The summed E-state index contributed by atoms with van der Waals surface area (Å²) in [5.74, 6) is 1.73. The Morgan fingerprint density at radius 3 is 2.79 bits per heavy atom. The minimum atomic E-state index is -1.14. The number of nitrogens with zero attached hydrogens (tertiary/aromatic N) is 1. The number of piperidine rings is 1. The lowest BCUT2D eigenvalue weighted by Crippen LogP contribution is -2.58. The van der Waals surface area contributed by atoms with Crippen LogP contribution in [0.4, 0.5) is 0 Å². The third-order valence-electron chi connectivity index (χ3n) is 5.25. The number of fused-ring (bicyclic) bond motifs is 1. The van der Waals surface area contributed by atoms with Gasteiger partial charge in [-0.2, -0.15) is 0 Å². The smallest absolute Gasteiger partial charge is 0.227 e. The summed E-state index contributed by atoms with van der Waals surface area (Å²) in [5, 5.41) is 11.3. The van der Waals surface area contributed by atoms with Crippen LogP contribution in [0.5, 0.6) is 17.2 Å². The number of rotatable bonds is 4. The van der Waals surface area contributed by atoms with Gasteiger partial charge in [-0.1, -0.05) is 29.8 Å². The highest BCUT2D eigenvalue weighted by atomic mass is 35.5. The monoisotopic (exact) mass is 417 g/mol. The van der Waals surface area contributed by atoms with Crippen molar-refractivity contribution in [3.8, 4) is 17.2 Å². The van der Waals surface area contributed by atoms with Gasteiger partial charge >= 0.3 is 0 Å². The minimum absolute atomic E-state index is 0.0730.